The van der Waals surface area contributed by atoms with Gasteiger partial charge in [0.25, 0.3) is 0 Å². The molecule has 1 saturated heterocycles. The average Bonchev–Trinajstić information content (AvgIpc) is 2.36. The summed E-state index contributed by atoms with van der Waals surface area (Å²) in [5.41, 5.74) is -0.125. The summed E-state index contributed by atoms with van der Waals surface area (Å²) in [7, 11) is 0. The number of hydrogen-bond acceptors (Lipinski definition) is 3. The first-order valence-corrected chi connectivity index (χ1v) is 4.78. The number of carbonyl (C=O) groups excluding carboxylic acids is 2. The van der Waals surface area contributed by atoms with Crippen LogP contribution in [0.5, 0.6) is 0 Å². The molecule has 1 aliphatic rings. The smallest absolute Gasteiger partial charge is 0.324 e. The van der Waals surface area contributed by atoms with Crippen molar-refractivity contribution in [2.75, 3.05) is 18.8 Å². The molecule has 4 nitrogen and oxygen atoms in total. The van der Waals surface area contributed by atoms with Gasteiger partial charge in [0.2, 0.25) is 5.91 Å². The van der Waals surface area contributed by atoms with Gasteiger partial charge < -0.3 is 5.32 Å². The molecule has 0 radical (unpaired) electrons. The van der Waals surface area contributed by atoms with E-state index in [0.717, 1.165) is 0 Å². The lowest BCUT2D eigenvalue weighted by atomic mass is 9.96. The van der Waals surface area contributed by atoms with Gasteiger partial charge in [-0.25, -0.2) is 4.79 Å². The Hall–Kier alpha value is -0.710. The van der Waals surface area contributed by atoms with Gasteiger partial charge in [0.15, 0.2) is 0 Å². The number of nitrogens with zero attached hydrogens (tertiary/aromatic N) is 1. The first-order valence-electron chi connectivity index (χ1n) is 4.15. The molecule has 74 valence electrons. The number of hydrogen-bond donors (Lipinski definition) is 2. The summed E-state index contributed by atoms with van der Waals surface area (Å²) >= 11 is 4.16. The lowest BCUT2D eigenvalue weighted by Crippen LogP contribution is -2.39. The number of nitrogens with one attached hydrogen (secondary N) is 1. The van der Waals surface area contributed by atoms with Crippen molar-refractivity contribution in [1.29, 1.82) is 0 Å². The highest BCUT2D eigenvalue weighted by molar-refractivity contribution is 7.80. The standard InChI is InChI=1S/C8H14N2O2S/c1-8(2,5-13)4-10-6(11)3-9-7(10)12/h13H,3-5H2,1-2H3,(H,9,12). The second kappa shape index (κ2) is 3.57. The van der Waals surface area contributed by atoms with Crippen molar-refractivity contribution in [3.05, 3.63) is 0 Å². The number of imide groups is 1. The zero-order valence-electron chi connectivity index (χ0n) is 7.83. The molecule has 0 aromatic rings. The molecule has 13 heavy (non-hydrogen) atoms. The zero-order chi connectivity index (χ0) is 10.1. The van der Waals surface area contributed by atoms with Crippen molar-refractivity contribution in [3.8, 4) is 0 Å². The van der Waals surface area contributed by atoms with Crippen LogP contribution < -0.4 is 5.32 Å². The summed E-state index contributed by atoms with van der Waals surface area (Å²) < 4.78 is 0. The molecule has 0 aromatic carbocycles. The van der Waals surface area contributed by atoms with Gasteiger partial charge in [-0.3, -0.25) is 9.69 Å². The second-order valence-corrected chi connectivity index (χ2v) is 4.28. The molecule has 0 spiro atoms. The van der Waals surface area contributed by atoms with Crippen molar-refractivity contribution < 1.29 is 9.59 Å². The Morgan fingerprint density at radius 3 is 2.54 bits per heavy atom. The number of carbonyl (C=O) groups is 2. The van der Waals surface area contributed by atoms with Crippen LogP contribution >= 0.6 is 12.6 Å². The molecular formula is C8H14N2O2S. The van der Waals surface area contributed by atoms with Crippen molar-refractivity contribution in [2.24, 2.45) is 5.41 Å². The lowest BCUT2D eigenvalue weighted by molar-refractivity contribution is -0.125. The number of amides is 3. The predicted molar refractivity (Wildman–Crippen MR) is 52.7 cm³/mol. The van der Waals surface area contributed by atoms with Crippen LogP contribution in [0.1, 0.15) is 13.8 Å². The summed E-state index contributed by atoms with van der Waals surface area (Å²) in [6, 6.07) is -0.292. The molecular weight excluding hydrogens is 188 g/mol. The number of thiol groups is 1. The van der Waals surface area contributed by atoms with Gasteiger partial charge in [-0.05, 0) is 11.2 Å². The third-order valence-electron chi connectivity index (χ3n) is 1.95. The molecule has 0 unspecified atom stereocenters. The third-order valence-corrected chi connectivity index (χ3v) is 2.81. The van der Waals surface area contributed by atoms with Crippen molar-refractivity contribution in [2.45, 2.75) is 13.8 Å². The van der Waals surface area contributed by atoms with Gasteiger partial charge in [-0.1, -0.05) is 13.8 Å². The van der Waals surface area contributed by atoms with Crippen LogP contribution in [0.3, 0.4) is 0 Å². The maximum atomic E-state index is 11.2. The van der Waals surface area contributed by atoms with Crippen LogP contribution in [0.4, 0.5) is 4.79 Å². The summed E-state index contributed by atoms with van der Waals surface area (Å²) in [4.78, 5) is 23.6. The Morgan fingerprint density at radius 2 is 2.15 bits per heavy atom. The quantitative estimate of drug-likeness (QED) is 0.517. The molecule has 5 heteroatoms. The molecule has 0 atom stereocenters. The van der Waals surface area contributed by atoms with E-state index in [4.69, 9.17) is 0 Å². The zero-order valence-corrected chi connectivity index (χ0v) is 8.73. The van der Waals surface area contributed by atoms with E-state index in [9.17, 15) is 9.59 Å². The average molecular weight is 202 g/mol. The predicted octanol–water partition coefficient (Wildman–Crippen LogP) is 0.494. The topological polar surface area (TPSA) is 49.4 Å². The Balaban J connectivity index is 2.62. The van der Waals surface area contributed by atoms with E-state index >= 15 is 0 Å². The monoisotopic (exact) mass is 202 g/mol. The molecule has 1 heterocycles. The fraction of sp³-hybridized carbons (Fsp3) is 0.750. The molecule has 0 saturated carbocycles. The van der Waals surface area contributed by atoms with Crippen molar-refractivity contribution in [1.82, 2.24) is 10.2 Å². The Morgan fingerprint density at radius 1 is 1.54 bits per heavy atom. The van der Waals surface area contributed by atoms with Crippen LogP contribution in [-0.4, -0.2) is 35.7 Å². The fourth-order valence-electron chi connectivity index (χ4n) is 1.09. The van der Waals surface area contributed by atoms with E-state index in [1.165, 1.54) is 4.90 Å². The third kappa shape index (κ3) is 2.37. The van der Waals surface area contributed by atoms with Crippen LogP contribution in [0, 0.1) is 5.41 Å². The van der Waals surface area contributed by atoms with E-state index < -0.39 is 0 Å². The Bertz CT molecular complexity index is 224. The van der Waals surface area contributed by atoms with E-state index in [1.807, 2.05) is 13.8 Å². The first kappa shape index (κ1) is 10.4. The summed E-state index contributed by atoms with van der Waals surface area (Å²) in [6.07, 6.45) is 0. The lowest BCUT2D eigenvalue weighted by Gasteiger charge is -2.26. The fourth-order valence-corrected chi connectivity index (χ4v) is 1.19. The summed E-state index contributed by atoms with van der Waals surface area (Å²) in [6.45, 7) is 4.50. The largest absolute Gasteiger partial charge is 0.329 e. The minimum Gasteiger partial charge on any atom is -0.329 e. The highest BCUT2D eigenvalue weighted by atomic mass is 32.1. The minimum absolute atomic E-state index is 0.125. The van der Waals surface area contributed by atoms with Crippen LogP contribution in [0.2, 0.25) is 0 Å². The summed E-state index contributed by atoms with van der Waals surface area (Å²) in [5, 5.41) is 2.48. The highest BCUT2D eigenvalue weighted by Gasteiger charge is 2.32. The van der Waals surface area contributed by atoms with Gasteiger partial charge in [-0.2, -0.15) is 12.6 Å². The molecule has 0 bridgehead atoms. The van der Waals surface area contributed by atoms with Crippen molar-refractivity contribution in [3.63, 3.8) is 0 Å². The Kier molecular flexibility index (Phi) is 2.85. The Labute approximate surface area is 83.1 Å². The molecule has 1 fully saturated rings. The molecule has 1 aliphatic heterocycles. The number of rotatable bonds is 3. The van der Waals surface area contributed by atoms with Gasteiger partial charge in [0.1, 0.15) is 0 Å². The van der Waals surface area contributed by atoms with E-state index in [0.29, 0.717) is 12.3 Å². The summed E-state index contributed by atoms with van der Waals surface area (Å²) in [5.74, 6) is 0.490. The maximum Gasteiger partial charge on any atom is 0.324 e. The maximum absolute atomic E-state index is 11.2. The molecule has 1 N–H and O–H groups in total. The molecule has 0 aromatic heterocycles. The van der Waals surface area contributed by atoms with E-state index in [-0.39, 0.29) is 23.9 Å². The van der Waals surface area contributed by atoms with Crippen LogP contribution in [0.15, 0.2) is 0 Å². The van der Waals surface area contributed by atoms with Gasteiger partial charge in [0, 0.05) is 6.54 Å². The normalized spacial score (nSPS) is 17.9. The molecule has 1 rings (SSSR count). The molecule has 0 aliphatic carbocycles. The molecule has 3 amide bonds. The van der Waals surface area contributed by atoms with Gasteiger partial charge in [-0.15, -0.1) is 0 Å². The first-order chi connectivity index (χ1) is 5.96. The SMILES string of the molecule is CC(C)(CS)CN1C(=O)CNC1=O. The minimum atomic E-state index is -0.292. The van der Waals surface area contributed by atoms with Gasteiger partial charge >= 0.3 is 6.03 Å². The van der Waals surface area contributed by atoms with Crippen LogP contribution in [-0.2, 0) is 4.79 Å². The number of urea groups is 1. The van der Waals surface area contributed by atoms with E-state index in [2.05, 4.69) is 17.9 Å². The van der Waals surface area contributed by atoms with E-state index in [1.54, 1.807) is 0 Å². The van der Waals surface area contributed by atoms with Crippen molar-refractivity contribution >= 4 is 24.6 Å². The highest BCUT2D eigenvalue weighted by Crippen LogP contribution is 2.19. The van der Waals surface area contributed by atoms with Crippen LogP contribution in [0.25, 0.3) is 0 Å². The van der Waals surface area contributed by atoms with Gasteiger partial charge in [0.05, 0.1) is 6.54 Å². The second-order valence-electron chi connectivity index (χ2n) is 3.96.